The van der Waals surface area contributed by atoms with Gasteiger partial charge in [-0.3, -0.25) is 14.2 Å². The maximum atomic E-state index is 13.0. The molecule has 0 radical (unpaired) electrons. The summed E-state index contributed by atoms with van der Waals surface area (Å²) in [6, 6.07) is 8.83. The van der Waals surface area contributed by atoms with Gasteiger partial charge in [0.1, 0.15) is 0 Å². The maximum absolute atomic E-state index is 13.0. The van der Waals surface area contributed by atoms with E-state index in [1.54, 1.807) is 22.8 Å². The molecule has 2 aromatic carbocycles. The smallest absolute Gasteiger partial charge is 0.262 e. The fourth-order valence-electron chi connectivity index (χ4n) is 3.19. The SMILES string of the molecule is Cc1cc(C)c(NC(=O)CSc2nc3ccc(Cl)cc3c(=O)n2CC(C)C)c(Cl)c1. The van der Waals surface area contributed by atoms with E-state index in [0.29, 0.717) is 38.3 Å². The largest absolute Gasteiger partial charge is 0.324 e. The lowest BCUT2D eigenvalue weighted by Crippen LogP contribution is -2.26. The third kappa shape index (κ3) is 5.17. The average Bonchev–Trinajstić information content (AvgIpc) is 2.66. The van der Waals surface area contributed by atoms with Gasteiger partial charge in [-0.05, 0) is 55.2 Å². The normalized spacial score (nSPS) is 11.3. The predicted molar refractivity (Wildman–Crippen MR) is 126 cm³/mol. The van der Waals surface area contributed by atoms with E-state index < -0.39 is 0 Å². The Morgan fingerprint density at radius 1 is 1.20 bits per heavy atom. The second-order valence-corrected chi connectivity index (χ2v) is 9.43. The maximum Gasteiger partial charge on any atom is 0.262 e. The number of amides is 1. The van der Waals surface area contributed by atoms with Crippen LogP contribution >= 0.6 is 35.0 Å². The van der Waals surface area contributed by atoms with Crippen molar-refractivity contribution in [3.63, 3.8) is 0 Å². The lowest BCUT2D eigenvalue weighted by Gasteiger charge is -2.15. The molecular weight excluding hydrogens is 441 g/mol. The molecule has 0 saturated heterocycles. The van der Waals surface area contributed by atoms with Crippen LogP contribution < -0.4 is 10.9 Å². The molecule has 0 spiro atoms. The average molecular weight is 464 g/mol. The molecule has 5 nitrogen and oxygen atoms in total. The number of carbonyl (C=O) groups excluding carboxylic acids is 1. The summed E-state index contributed by atoms with van der Waals surface area (Å²) < 4.78 is 1.62. The number of aromatic nitrogens is 2. The van der Waals surface area contributed by atoms with Crippen molar-refractivity contribution >= 4 is 57.5 Å². The van der Waals surface area contributed by atoms with Crippen molar-refractivity contribution in [2.45, 2.75) is 39.4 Å². The summed E-state index contributed by atoms with van der Waals surface area (Å²) in [5, 5.41) is 4.84. The molecule has 0 fully saturated rings. The molecule has 0 bridgehead atoms. The summed E-state index contributed by atoms with van der Waals surface area (Å²) in [4.78, 5) is 30.2. The van der Waals surface area contributed by atoms with Crippen LogP contribution in [0.4, 0.5) is 5.69 Å². The van der Waals surface area contributed by atoms with Gasteiger partial charge in [0.05, 0.1) is 27.4 Å². The van der Waals surface area contributed by atoms with Crippen molar-refractivity contribution in [3.05, 3.63) is 61.9 Å². The van der Waals surface area contributed by atoms with E-state index in [0.717, 1.165) is 11.1 Å². The number of anilines is 1. The van der Waals surface area contributed by atoms with Crippen LogP contribution in [0.2, 0.25) is 10.0 Å². The van der Waals surface area contributed by atoms with Crippen LogP contribution in [-0.2, 0) is 11.3 Å². The zero-order valence-corrected chi connectivity index (χ0v) is 19.6. The van der Waals surface area contributed by atoms with E-state index >= 15 is 0 Å². The quantitative estimate of drug-likeness (QED) is 0.375. The summed E-state index contributed by atoms with van der Waals surface area (Å²) in [5.41, 5.74) is 2.94. The lowest BCUT2D eigenvalue weighted by atomic mass is 10.1. The minimum Gasteiger partial charge on any atom is -0.324 e. The van der Waals surface area contributed by atoms with Crippen molar-refractivity contribution in [1.29, 1.82) is 0 Å². The monoisotopic (exact) mass is 463 g/mol. The summed E-state index contributed by atoms with van der Waals surface area (Å²) >= 11 is 13.6. The van der Waals surface area contributed by atoms with Crippen LogP contribution in [0.5, 0.6) is 0 Å². The molecule has 3 aromatic rings. The van der Waals surface area contributed by atoms with Crippen LogP contribution in [0.25, 0.3) is 10.9 Å². The van der Waals surface area contributed by atoms with Crippen LogP contribution in [-0.4, -0.2) is 21.2 Å². The van der Waals surface area contributed by atoms with E-state index in [2.05, 4.69) is 10.3 Å². The zero-order chi connectivity index (χ0) is 22.0. The molecule has 3 rings (SSSR count). The number of thioether (sulfide) groups is 1. The summed E-state index contributed by atoms with van der Waals surface area (Å²) in [5.74, 6) is 0.131. The Bertz CT molecular complexity index is 1150. The third-order valence-electron chi connectivity index (χ3n) is 4.46. The van der Waals surface area contributed by atoms with E-state index in [1.165, 1.54) is 11.8 Å². The van der Waals surface area contributed by atoms with Crippen molar-refractivity contribution < 1.29 is 4.79 Å². The van der Waals surface area contributed by atoms with Gasteiger partial charge in [0.2, 0.25) is 5.91 Å². The Hall–Kier alpha value is -2.02. The zero-order valence-electron chi connectivity index (χ0n) is 17.3. The number of carbonyl (C=O) groups is 1. The van der Waals surface area contributed by atoms with Gasteiger partial charge < -0.3 is 5.32 Å². The minimum absolute atomic E-state index is 0.104. The van der Waals surface area contributed by atoms with Gasteiger partial charge >= 0.3 is 0 Å². The molecule has 0 aliphatic rings. The van der Waals surface area contributed by atoms with Crippen LogP contribution in [0, 0.1) is 19.8 Å². The highest BCUT2D eigenvalue weighted by Gasteiger charge is 2.16. The van der Waals surface area contributed by atoms with Crippen molar-refractivity contribution in [2.24, 2.45) is 5.92 Å². The molecule has 1 N–H and O–H groups in total. The van der Waals surface area contributed by atoms with Crippen LogP contribution in [0.1, 0.15) is 25.0 Å². The highest BCUT2D eigenvalue weighted by molar-refractivity contribution is 7.99. The van der Waals surface area contributed by atoms with Crippen molar-refractivity contribution in [2.75, 3.05) is 11.1 Å². The van der Waals surface area contributed by atoms with Gasteiger partial charge in [0, 0.05) is 11.6 Å². The predicted octanol–water partition coefficient (Wildman–Crippen LogP) is 5.71. The fourth-order valence-corrected chi connectivity index (χ4v) is 4.54. The van der Waals surface area contributed by atoms with Gasteiger partial charge in [-0.2, -0.15) is 0 Å². The molecular formula is C22H23Cl2N3O2S. The van der Waals surface area contributed by atoms with Gasteiger partial charge in [0.25, 0.3) is 5.56 Å². The molecule has 8 heteroatoms. The first-order valence-corrected chi connectivity index (χ1v) is 11.3. The lowest BCUT2D eigenvalue weighted by molar-refractivity contribution is -0.113. The number of nitrogens with one attached hydrogen (secondary N) is 1. The van der Waals surface area contributed by atoms with Gasteiger partial charge in [-0.25, -0.2) is 4.98 Å². The number of halogens is 2. The Morgan fingerprint density at radius 2 is 1.93 bits per heavy atom. The molecule has 158 valence electrons. The van der Waals surface area contributed by atoms with Gasteiger partial charge in [0.15, 0.2) is 5.16 Å². The molecule has 0 atom stereocenters. The first-order valence-electron chi connectivity index (χ1n) is 9.55. The Labute approximate surface area is 189 Å². The first kappa shape index (κ1) is 22.7. The molecule has 1 aromatic heterocycles. The molecule has 30 heavy (non-hydrogen) atoms. The number of hydrogen-bond acceptors (Lipinski definition) is 4. The molecule has 0 aliphatic carbocycles. The molecule has 1 heterocycles. The van der Waals surface area contributed by atoms with E-state index in [-0.39, 0.29) is 23.1 Å². The summed E-state index contributed by atoms with van der Waals surface area (Å²) in [7, 11) is 0. The number of rotatable bonds is 6. The van der Waals surface area contributed by atoms with Crippen molar-refractivity contribution in [3.8, 4) is 0 Å². The Balaban J connectivity index is 1.87. The topological polar surface area (TPSA) is 64.0 Å². The Kier molecular flexibility index (Phi) is 7.11. The molecule has 0 saturated carbocycles. The fraction of sp³-hybridized carbons (Fsp3) is 0.318. The van der Waals surface area contributed by atoms with Gasteiger partial charge in [-0.1, -0.05) is 54.9 Å². The molecule has 1 amide bonds. The minimum atomic E-state index is -0.213. The number of hydrogen-bond donors (Lipinski definition) is 1. The summed E-state index contributed by atoms with van der Waals surface area (Å²) in [6.45, 7) is 8.40. The van der Waals surface area contributed by atoms with E-state index in [1.807, 2.05) is 39.8 Å². The standard InChI is InChI=1S/C22H23Cl2N3O2S/c1-12(2)10-27-21(29)16-9-15(23)5-6-18(16)25-22(27)30-11-19(28)26-20-14(4)7-13(3)8-17(20)24/h5-9,12H,10-11H2,1-4H3,(H,26,28). The van der Waals surface area contributed by atoms with Crippen molar-refractivity contribution in [1.82, 2.24) is 9.55 Å². The highest BCUT2D eigenvalue weighted by Crippen LogP contribution is 2.28. The van der Waals surface area contributed by atoms with Crippen LogP contribution in [0.15, 0.2) is 40.3 Å². The van der Waals surface area contributed by atoms with E-state index in [9.17, 15) is 9.59 Å². The molecule has 0 unspecified atom stereocenters. The second kappa shape index (κ2) is 9.41. The number of fused-ring (bicyclic) bond motifs is 1. The van der Waals surface area contributed by atoms with E-state index in [4.69, 9.17) is 23.2 Å². The second-order valence-electron chi connectivity index (χ2n) is 7.64. The molecule has 0 aliphatic heterocycles. The number of nitrogens with zero attached hydrogens (tertiary/aromatic N) is 2. The number of aryl methyl sites for hydroxylation is 2. The highest BCUT2D eigenvalue weighted by atomic mass is 35.5. The van der Waals surface area contributed by atoms with Crippen LogP contribution in [0.3, 0.4) is 0 Å². The third-order valence-corrected chi connectivity index (χ3v) is 5.97. The number of benzene rings is 2. The Morgan fingerprint density at radius 3 is 2.60 bits per heavy atom. The first-order chi connectivity index (χ1) is 14.2. The summed E-state index contributed by atoms with van der Waals surface area (Å²) in [6.07, 6.45) is 0. The van der Waals surface area contributed by atoms with Gasteiger partial charge in [-0.15, -0.1) is 0 Å².